The van der Waals surface area contributed by atoms with E-state index in [2.05, 4.69) is 19.6 Å². The van der Waals surface area contributed by atoms with Crippen molar-refractivity contribution in [3.63, 3.8) is 0 Å². The van der Waals surface area contributed by atoms with Crippen LogP contribution in [0.3, 0.4) is 0 Å². The van der Waals surface area contributed by atoms with Crippen molar-refractivity contribution in [2.75, 3.05) is 12.4 Å². The van der Waals surface area contributed by atoms with Crippen molar-refractivity contribution >= 4 is 12.6 Å². The van der Waals surface area contributed by atoms with Gasteiger partial charge in [0.1, 0.15) is 0 Å². The van der Waals surface area contributed by atoms with E-state index in [0.29, 0.717) is 0 Å². The zero-order valence-electron chi connectivity index (χ0n) is 9.97. The van der Waals surface area contributed by atoms with Gasteiger partial charge < -0.3 is 5.11 Å². The molecule has 0 atom stereocenters. The van der Waals surface area contributed by atoms with Crippen LogP contribution in [0.2, 0.25) is 0 Å². The zero-order chi connectivity index (χ0) is 11.1. The molecule has 0 aromatic heterocycles. The number of unbranched alkanes of at least 4 members (excludes halogenated alkanes) is 7. The van der Waals surface area contributed by atoms with Crippen molar-refractivity contribution in [2.45, 2.75) is 65.2 Å². The molecule has 0 aliphatic carbocycles. The largest absolute Gasteiger partial charge is 0.397 e. The quantitative estimate of drug-likeness (QED) is 0.467. The maximum Gasteiger partial charge on any atom is 0.0402 e. The Labute approximate surface area is 95.7 Å². The van der Waals surface area contributed by atoms with E-state index in [1.165, 1.54) is 51.4 Å². The van der Waals surface area contributed by atoms with E-state index in [-0.39, 0.29) is 6.61 Å². The van der Waals surface area contributed by atoms with Gasteiger partial charge in [-0.05, 0) is 19.1 Å². The standard InChI is InChI=1S/C10H22S.C2H6O/c1-2-3-4-5-6-7-8-9-10-11;1-2-3/h11H,2-10H2,1H3;3H,2H2,1H3. The Hall–Kier alpha value is 0.310. The summed E-state index contributed by atoms with van der Waals surface area (Å²) in [6, 6.07) is 0. The molecule has 0 rings (SSSR count). The van der Waals surface area contributed by atoms with Gasteiger partial charge in [-0.1, -0.05) is 51.9 Å². The summed E-state index contributed by atoms with van der Waals surface area (Å²) in [7, 11) is 0. The van der Waals surface area contributed by atoms with Crippen molar-refractivity contribution in [2.24, 2.45) is 0 Å². The minimum absolute atomic E-state index is 0.250. The number of aliphatic hydroxyl groups is 1. The molecular formula is C12H28OS. The molecule has 0 unspecified atom stereocenters. The van der Waals surface area contributed by atoms with Gasteiger partial charge in [0.25, 0.3) is 0 Å². The molecule has 0 aliphatic rings. The molecule has 0 fully saturated rings. The third-order valence-electron chi connectivity index (χ3n) is 2.01. The second-order valence-electron chi connectivity index (χ2n) is 3.51. The fraction of sp³-hybridized carbons (Fsp3) is 1.00. The topological polar surface area (TPSA) is 20.2 Å². The maximum atomic E-state index is 7.57. The summed E-state index contributed by atoms with van der Waals surface area (Å²) in [5.74, 6) is 1.06. The van der Waals surface area contributed by atoms with Gasteiger partial charge in [-0.25, -0.2) is 0 Å². The average molecular weight is 220 g/mol. The first-order valence-electron chi connectivity index (χ1n) is 6.05. The highest BCUT2D eigenvalue weighted by molar-refractivity contribution is 7.80. The van der Waals surface area contributed by atoms with Crippen molar-refractivity contribution in [1.82, 2.24) is 0 Å². The number of rotatable bonds is 8. The lowest BCUT2D eigenvalue weighted by atomic mass is 10.1. The lowest BCUT2D eigenvalue weighted by Gasteiger charge is -1.98. The first kappa shape index (κ1) is 16.7. The highest BCUT2D eigenvalue weighted by Gasteiger charge is 1.89. The summed E-state index contributed by atoms with van der Waals surface area (Å²) in [5, 5.41) is 7.57. The molecule has 88 valence electrons. The molecule has 0 aliphatic heterocycles. The van der Waals surface area contributed by atoms with Gasteiger partial charge in [-0.3, -0.25) is 0 Å². The summed E-state index contributed by atoms with van der Waals surface area (Å²) < 4.78 is 0. The van der Waals surface area contributed by atoms with Crippen LogP contribution in [0.25, 0.3) is 0 Å². The van der Waals surface area contributed by atoms with Crippen LogP contribution in [-0.4, -0.2) is 17.5 Å². The lowest BCUT2D eigenvalue weighted by molar-refractivity contribution is 0.318. The molecule has 2 heteroatoms. The normalized spacial score (nSPS) is 9.43. The number of aliphatic hydroxyl groups excluding tert-OH is 1. The van der Waals surface area contributed by atoms with Crippen molar-refractivity contribution in [1.29, 1.82) is 0 Å². The first-order valence-corrected chi connectivity index (χ1v) is 6.68. The van der Waals surface area contributed by atoms with Crippen LogP contribution in [0.5, 0.6) is 0 Å². The van der Waals surface area contributed by atoms with Gasteiger partial charge >= 0.3 is 0 Å². The average Bonchev–Trinajstić information content (AvgIpc) is 2.18. The van der Waals surface area contributed by atoms with E-state index in [9.17, 15) is 0 Å². The van der Waals surface area contributed by atoms with Crippen LogP contribution in [0, 0.1) is 0 Å². The molecule has 0 radical (unpaired) electrons. The van der Waals surface area contributed by atoms with Gasteiger partial charge in [0, 0.05) is 6.61 Å². The van der Waals surface area contributed by atoms with Crippen molar-refractivity contribution < 1.29 is 5.11 Å². The summed E-state index contributed by atoms with van der Waals surface area (Å²) in [6.45, 7) is 4.20. The van der Waals surface area contributed by atoms with E-state index in [1.54, 1.807) is 6.92 Å². The Morgan fingerprint density at radius 2 is 1.14 bits per heavy atom. The molecule has 1 N–H and O–H groups in total. The smallest absolute Gasteiger partial charge is 0.0402 e. The Balaban J connectivity index is 0. The minimum Gasteiger partial charge on any atom is -0.397 e. The van der Waals surface area contributed by atoms with Crippen LogP contribution < -0.4 is 0 Å². The Morgan fingerprint density at radius 1 is 0.786 bits per heavy atom. The van der Waals surface area contributed by atoms with Crippen LogP contribution in [-0.2, 0) is 0 Å². The van der Waals surface area contributed by atoms with Gasteiger partial charge in [0.2, 0.25) is 0 Å². The van der Waals surface area contributed by atoms with E-state index < -0.39 is 0 Å². The molecule has 0 bridgehead atoms. The molecule has 0 saturated heterocycles. The summed E-state index contributed by atoms with van der Waals surface area (Å²) in [6.07, 6.45) is 11.2. The minimum atomic E-state index is 0.250. The van der Waals surface area contributed by atoms with E-state index in [0.717, 1.165) is 5.75 Å². The fourth-order valence-corrected chi connectivity index (χ4v) is 1.47. The number of thiol groups is 1. The molecule has 0 heterocycles. The Kier molecular flexibility index (Phi) is 22.7. The molecule has 0 aromatic rings. The fourth-order valence-electron chi connectivity index (χ4n) is 1.25. The second kappa shape index (κ2) is 19.0. The van der Waals surface area contributed by atoms with Gasteiger partial charge in [-0.2, -0.15) is 12.6 Å². The predicted molar refractivity (Wildman–Crippen MR) is 69.2 cm³/mol. The van der Waals surface area contributed by atoms with Crippen molar-refractivity contribution in [3.8, 4) is 0 Å². The number of hydrogen-bond acceptors (Lipinski definition) is 2. The maximum absolute atomic E-state index is 7.57. The van der Waals surface area contributed by atoms with E-state index >= 15 is 0 Å². The highest BCUT2D eigenvalue weighted by atomic mass is 32.1. The van der Waals surface area contributed by atoms with Crippen LogP contribution in [0.15, 0.2) is 0 Å². The predicted octanol–water partition coefficient (Wildman–Crippen LogP) is 4.06. The zero-order valence-corrected chi connectivity index (χ0v) is 10.9. The molecule has 14 heavy (non-hydrogen) atoms. The molecule has 0 aromatic carbocycles. The lowest BCUT2D eigenvalue weighted by Crippen LogP contribution is -1.80. The third-order valence-corrected chi connectivity index (χ3v) is 2.33. The monoisotopic (exact) mass is 220 g/mol. The summed E-state index contributed by atoms with van der Waals surface area (Å²) >= 11 is 4.18. The molecule has 0 saturated carbocycles. The van der Waals surface area contributed by atoms with Crippen molar-refractivity contribution in [3.05, 3.63) is 0 Å². The van der Waals surface area contributed by atoms with Crippen LogP contribution in [0.4, 0.5) is 0 Å². The van der Waals surface area contributed by atoms with Crippen LogP contribution >= 0.6 is 12.6 Å². The van der Waals surface area contributed by atoms with Gasteiger partial charge in [0.15, 0.2) is 0 Å². The van der Waals surface area contributed by atoms with Crippen LogP contribution in [0.1, 0.15) is 65.2 Å². The Morgan fingerprint density at radius 3 is 1.50 bits per heavy atom. The highest BCUT2D eigenvalue weighted by Crippen LogP contribution is 2.08. The molecule has 0 amide bonds. The van der Waals surface area contributed by atoms with Gasteiger partial charge in [-0.15, -0.1) is 0 Å². The Bertz CT molecular complexity index is 68.7. The first-order chi connectivity index (χ1) is 6.83. The van der Waals surface area contributed by atoms with Gasteiger partial charge in [0.05, 0.1) is 0 Å². The van der Waals surface area contributed by atoms with E-state index in [4.69, 9.17) is 5.11 Å². The SMILES string of the molecule is CCCCCCCCCCS.CCO. The summed E-state index contributed by atoms with van der Waals surface area (Å²) in [5.41, 5.74) is 0. The second-order valence-corrected chi connectivity index (χ2v) is 3.96. The summed E-state index contributed by atoms with van der Waals surface area (Å²) in [4.78, 5) is 0. The number of hydrogen-bond donors (Lipinski definition) is 2. The third kappa shape index (κ3) is 22.8. The van der Waals surface area contributed by atoms with E-state index in [1.807, 2.05) is 0 Å². The molecule has 0 spiro atoms. The molecular weight excluding hydrogens is 192 g/mol. The molecule has 1 nitrogen and oxygen atoms in total.